The first-order valence-corrected chi connectivity index (χ1v) is 6.93. The normalized spacial score (nSPS) is 11.0. The van der Waals surface area contributed by atoms with Crippen molar-refractivity contribution in [2.24, 2.45) is 0 Å². The molecule has 0 aliphatic rings. The molecule has 4 nitrogen and oxygen atoms in total. The van der Waals surface area contributed by atoms with Gasteiger partial charge >= 0.3 is 6.55 Å². The van der Waals surface area contributed by atoms with E-state index in [4.69, 9.17) is 4.74 Å². The number of ether oxygens (including phenoxy) is 1. The molecule has 0 aliphatic carbocycles. The van der Waals surface area contributed by atoms with E-state index in [2.05, 4.69) is 17.2 Å². The Morgan fingerprint density at radius 1 is 1.38 bits per heavy atom. The number of alkyl halides is 2. The van der Waals surface area contributed by atoms with Crippen LogP contribution in [0.2, 0.25) is 0 Å². The van der Waals surface area contributed by atoms with E-state index in [0.29, 0.717) is 5.75 Å². The van der Waals surface area contributed by atoms with Crippen LogP contribution in [0.25, 0.3) is 0 Å². The van der Waals surface area contributed by atoms with Gasteiger partial charge in [0.2, 0.25) is 0 Å². The van der Waals surface area contributed by atoms with Gasteiger partial charge in [-0.1, -0.05) is 19.1 Å². The quantitative estimate of drug-likeness (QED) is 0.759. The molecule has 2 aromatic rings. The van der Waals surface area contributed by atoms with E-state index >= 15 is 0 Å². The number of hydrogen-bond acceptors (Lipinski definition) is 3. The maximum absolute atomic E-state index is 12.7. The molecule has 1 aromatic carbocycles. The van der Waals surface area contributed by atoms with Gasteiger partial charge in [0.05, 0.1) is 0 Å². The maximum Gasteiger partial charge on any atom is 0.320 e. The molecule has 0 saturated heterocycles. The molecule has 1 N–H and O–H groups in total. The summed E-state index contributed by atoms with van der Waals surface area (Å²) in [6.07, 6.45) is 3.66. The molecule has 2 rings (SSSR count). The highest BCUT2D eigenvalue weighted by atomic mass is 19.3. The van der Waals surface area contributed by atoms with Gasteiger partial charge < -0.3 is 10.1 Å². The summed E-state index contributed by atoms with van der Waals surface area (Å²) in [5, 5.41) is 3.30. The fraction of sp³-hybridized carbons (Fsp3) is 0.400. The minimum Gasteiger partial charge on any atom is -0.486 e. The Hall–Kier alpha value is -1.95. The fourth-order valence-electron chi connectivity index (χ4n) is 1.94. The third-order valence-electron chi connectivity index (χ3n) is 2.98. The Morgan fingerprint density at radius 2 is 2.24 bits per heavy atom. The summed E-state index contributed by atoms with van der Waals surface area (Å²) in [7, 11) is 0. The second kappa shape index (κ2) is 7.73. The Kier molecular flexibility index (Phi) is 5.68. The lowest BCUT2D eigenvalue weighted by atomic mass is 10.2. The van der Waals surface area contributed by atoms with Crippen molar-refractivity contribution in [1.82, 2.24) is 14.9 Å². The van der Waals surface area contributed by atoms with Crippen LogP contribution < -0.4 is 10.1 Å². The van der Waals surface area contributed by atoms with Crippen molar-refractivity contribution < 1.29 is 13.5 Å². The number of nitrogens with zero attached hydrogens (tertiary/aromatic N) is 2. The predicted octanol–water partition coefficient (Wildman–Crippen LogP) is 3.36. The van der Waals surface area contributed by atoms with Crippen molar-refractivity contribution in [3.8, 4) is 5.75 Å². The lowest BCUT2D eigenvalue weighted by molar-refractivity contribution is 0.0632. The van der Waals surface area contributed by atoms with E-state index < -0.39 is 6.55 Å². The Balaban J connectivity index is 1.93. The first-order chi connectivity index (χ1) is 10.2. The van der Waals surface area contributed by atoms with Gasteiger partial charge in [0, 0.05) is 18.9 Å². The molecular weight excluding hydrogens is 276 g/mol. The minimum absolute atomic E-state index is 0.0170. The van der Waals surface area contributed by atoms with Gasteiger partial charge in [-0.15, -0.1) is 0 Å². The van der Waals surface area contributed by atoms with Crippen molar-refractivity contribution in [3.05, 3.63) is 48.0 Å². The lowest BCUT2D eigenvalue weighted by Crippen LogP contribution is -2.13. The zero-order valence-electron chi connectivity index (χ0n) is 11.9. The summed E-state index contributed by atoms with van der Waals surface area (Å²) in [5.41, 5.74) is 1.10. The molecule has 0 saturated carbocycles. The van der Waals surface area contributed by atoms with Crippen molar-refractivity contribution in [1.29, 1.82) is 0 Å². The largest absolute Gasteiger partial charge is 0.486 e. The molecule has 0 aliphatic heterocycles. The Labute approximate surface area is 122 Å². The number of aromatic nitrogens is 2. The van der Waals surface area contributed by atoms with Crippen LogP contribution in [0.15, 0.2) is 36.7 Å². The third-order valence-corrected chi connectivity index (χ3v) is 2.98. The summed E-state index contributed by atoms with van der Waals surface area (Å²) in [4.78, 5) is 3.88. The summed E-state index contributed by atoms with van der Waals surface area (Å²) in [6.45, 7) is 1.24. The summed E-state index contributed by atoms with van der Waals surface area (Å²) < 4.78 is 31.7. The summed E-state index contributed by atoms with van der Waals surface area (Å²) in [5.74, 6) is 0.856. The average Bonchev–Trinajstić information content (AvgIpc) is 2.94. The van der Waals surface area contributed by atoms with Gasteiger partial charge in [-0.3, -0.25) is 4.57 Å². The van der Waals surface area contributed by atoms with Crippen LogP contribution in [0, 0.1) is 0 Å². The molecule has 114 valence electrons. The van der Waals surface area contributed by atoms with E-state index in [9.17, 15) is 8.78 Å². The van der Waals surface area contributed by atoms with Gasteiger partial charge in [0.15, 0.2) is 5.82 Å². The molecule has 0 fully saturated rings. The molecule has 1 aromatic heterocycles. The molecule has 6 heteroatoms. The van der Waals surface area contributed by atoms with Crippen LogP contribution in [-0.2, 0) is 13.2 Å². The van der Waals surface area contributed by atoms with Crippen molar-refractivity contribution >= 4 is 0 Å². The molecule has 1 heterocycles. The molecule has 21 heavy (non-hydrogen) atoms. The molecule has 0 amide bonds. The minimum atomic E-state index is -2.60. The first-order valence-electron chi connectivity index (χ1n) is 6.93. The maximum atomic E-state index is 12.7. The number of imidazole rings is 1. The smallest absolute Gasteiger partial charge is 0.320 e. The second-order valence-electron chi connectivity index (χ2n) is 4.64. The highest BCUT2D eigenvalue weighted by molar-refractivity contribution is 5.28. The number of hydrogen-bond donors (Lipinski definition) is 1. The first kappa shape index (κ1) is 15.4. The summed E-state index contributed by atoms with van der Waals surface area (Å²) >= 11 is 0. The SMILES string of the molecule is CCCNCc1cccc(OCc2nccn2C(F)F)c1. The van der Waals surface area contributed by atoms with Gasteiger partial charge in [-0.2, -0.15) is 8.78 Å². The third kappa shape index (κ3) is 4.53. The highest BCUT2D eigenvalue weighted by Gasteiger charge is 2.11. The van der Waals surface area contributed by atoms with Gasteiger partial charge in [0.25, 0.3) is 0 Å². The summed E-state index contributed by atoms with van der Waals surface area (Å²) in [6, 6.07) is 7.59. The molecule has 0 bridgehead atoms. The zero-order chi connectivity index (χ0) is 15.1. The molecule has 0 atom stereocenters. The topological polar surface area (TPSA) is 39.1 Å². The second-order valence-corrected chi connectivity index (χ2v) is 4.64. The van der Waals surface area contributed by atoms with Crippen LogP contribution in [0.1, 0.15) is 31.3 Å². The molecule has 0 spiro atoms. The molecular formula is C15H19F2N3O. The molecule has 0 radical (unpaired) electrons. The highest BCUT2D eigenvalue weighted by Crippen LogP contribution is 2.17. The predicted molar refractivity (Wildman–Crippen MR) is 76.3 cm³/mol. The van der Waals surface area contributed by atoms with Crippen LogP contribution in [0.5, 0.6) is 5.75 Å². The number of nitrogens with one attached hydrogen (secondary N) is 1. The number of halogens is 2. The van der Waals surface area contributed by atoms with Gasteiger partial charge in [-0.05, 0) is 30.7 Å². The van der Waals surface area contributed by atoms with E-state index in [1.165, 1.54) is 12.4 Å². The van der Waals surface area contributed by atoms with E-state index in [-0.39, 0.29) is 12.4 Å². The van der Waals surface area contributed by atoms with E-state index in [1.807, 2.05) is 18.2 Å². The molecule has 0 unspecified atom stereocenters. The number of rotatable bonds is 8. The van der Waals surface area contributed by atoms with Gasteiger partial charge in [-0.25, -0.2) is 4.98 Å². The lowest BCUT2D eigenvalue weighted by Gasteiger charge is -2.10. The van der Waals surface area contributed by atoms with Crippen molar-refractivity contribution in [2.45, 2.75) is 33.0 Å². The monoisotopic (exact) mass is 295 g/mol. The van der Waals surface area contributed by atoms with Crippen LogP contribution in [0.3, 0.4) is 0 Å². The zero-order valence-corrected chi connectivity index (χ0v) is 11.9. The van der Waals surface area contributed by atoms with Crippen LogP contribution in [-0.4, -0.2) is 16.1 Å². The number of benzene rings is 1. The van der Waals surface area contributed by atoms with Gasteiger partial charge in [0.1, 0.15) is 12.4 Å². The average molecular weight is 295 g/mol. The van der Waals surface area contributed by atoms with Crippen LogP contribution in [0.4, 0.5) is 8.78 Å². The van der Waals surface area contributed by atoms with Crippen molar-refractivity contribution in [2.75, 3.05) is 6.54 Å². The Bertz CT molecular complexity index is 557. The van der Waals surface area contributed by atoms with E-state index in [1.54, 1.807) is 6.07 Å². The fourth-order valence-corrected chi connectivity index (χ4v) is 1.94. The standard InChI is InChI=1S/C15H19F2N3O/c1-2-6-18-10-12-4-3-5-13(9-12)21-11-14-19-7-8-20(14)15(16)17/h3-5,7-9,15,18H,2,6,10-11H2,1H3. The van der Waals surface area contributed by atoms with Crippen molar-refractivity contribution in [3.63, 3.8) is 0 Å². The van der Waals surface area contributed by atoms with Crippen LogP contribution >= 0.6 is 0 Å². The Morgan fingerprint density at radius 3 is 3.00 bits per heavy atom. The van der Waals surface area contributed by atoms with E-state index in [0.717, 1.165) is 29.6 Å².